The fraction of sp³-hybridized carbons (Fsp3) is 0.133. The van der Waals surface area contributed by atoms with E-state index in [0.29, 0.717) is 0 Å². The Bertz CT molecular complexity index is 1520. The van der Waals surface area contributed by atoms with E-state index in [1.54, 1.807) is 32.0 Å². The van der Waals surface area contributed by atoms with E-state index in [2.05, 4.69) is 35.9 Å². The van der Waals surface area contributed by atoms with E-state index in [1.807, 2.05) is 48.5 Å². The first-order chi connectivity index (χ1) is 17.5. The molecule has 0 unspecified atom stereocenters. The molecule has 0 saturated carbocycles. The summed E-state index contributed by atoms with van der Waals surface area (Å²) in [5.74, 6) is 1.29. The Morgan fingerprint density at radius 2 is 1.36 bits per heavy atom. The van der Waals surface area contributed by atoms with Gasteiger partial charge in [0.2, 0.25) is 0 Å². The van der Waals surface area contributed by atoms with Crippen LogP contribution in [0.2, 0.25) is 0 Å². The molecule has 0 aliphatic carbocycles. The lowest BCUT2D eigenvalue weighted by molar-refractivity contribution is 0.386. The highest BCUT2D eigenvalue weighted by atomic mass is 32.2. The molecule has 0 bridgehead atoms. The van der Waals surface area contributed by atoms with Crippen LogP contribution >= 0.6 is 11.8 Å². The minimum absolute atomic E-state index is 0.231. The Balaban J connectivity index is 1.75. The fourth-order valence-corrected chi connectivity index (χ4v) is 5.57. The second kappa shape index (κ2) is 9.99. The standard InChI is InChI=1S/C30H26FNO3S/c1-32-27-12-10-19(20-11-13-28(35-4)26(31)17-20)16-25(27)30(36-24-8-6-5-7-9-24)29(32)21-14-22(33-2)18-23(15-21)34-3/h5-18H,1-4H3. The third kappa shape index (κ3) is 4.40. The molecule has 0 aliphatic heterocycles. The molecule has 0 radical (unpaired) electrons. The van der Waals surface area contributed by atoms with Crippen LogP contribution in [0.4, 0.5) is 4.39 Å². The van der Waals surface area contributed by atoms with E-state index in [9.17, 15) is 4.39 Å². The number of hydrogen-bond donors (Lipinski definition) is 0. The number of hydrogen-bond acceptors (Lipinski definition) is 4. The van der Waals surface area contributed by atoms with Crippen LogP contribution in [0.1, 0.15) is 0 Å². The number of ether oxygens (including phenoxy) is 3. The fourth-order valence-electron chi connectivity index (χ4n) is 4.41. The van der Waals surface area contributed by atoms with Crippen LogP contribution in [0, 0.1) is 5.82 Å². The number of benzene rings is 4. The molecule has 4 aromatic carbocycles. The van der Waals surface area contributed by atoms with Crippen molar-refractivity contribution in [2.24, 2.45) is 7.05 Å². The number of nitrogens with zero attached hydrogens (tertiary/aromatic N) is 1. The van der Waals surface area contributed by atoms with Gasteiger partial charge in [-0.3, -0.25) is 0 Å². The van der Waals surface area contributed by atoms with Crippen molar-refractivity contribution in [3.05, 3.63) is 90.7 Å². The Kier molecular flexibility index (Phi) is 6.61. The van der Waals surface area contributed by atoms with E-state index in [4.69, 9.17) is 14.2 Å². The summed E-state index contributed by atoms with van der Waals surface area (Å²) in [7, 11) is 6.83. The molecular weight excluding hydrogens is 473 g/mol. The summed E-state index contributed by atoms with van der Waals surface area (Å²) in [5.41, 5.74) is 4.83. The highest BCUT2D eigenvalue weighted by Crippen LogP contribution is 2.45. The summed E-state index contributed by atoms with van der Waals surface area (Å²) in [6.45, 7) is 0. The number of rotatable bonds is 7. The summed E-state index contributed by atoms with van der Waals surface area (Å²) >= 11 is 1.70. The minimum Gasteiger partial charge on any atom is -0.497 e. The third-order valence-electron chi connectivity index (χ3n) is 6.23. The summed E-state index contributed by atoms with van der Waals surface area (Å²) in [5, 5.41) is 1.08. The van der Waals surface area contributed by atoms with Gasteiger partial charge in [0.1, 0.15) is 11.5 Å². The van der Waals surface area contributed by atoms with Crippen molar-refractivity contribution < 1.29 is 18.6 Å². The first kappa shape index (κ1) is 23.8. The van der Waals surface area contributed by atoms with Gasteiger partial charge in [-0.2, -0.15) is 0 Å². The average molecular weight is 500 g/mol. The summed E-state index contributed by atoms with van der Waals surface area (Å²) in [4.78, 5) is 2.23. The van der Waals surface area contributed by atoms with Gasteiger partial charge in [-0.15, -0.1) is 0 Å². The second-order valence-corrected chi connectivity index (χ2v) is 9.42. The van der Waals surface area contributed by atoms with E-state index in [-0.39, 0.29) is 11.6 Å². The third-order valence-corrected chi connectivity index (χ3v) is 7.35. The topological polar surface area (TPSA) is 32.6 Å². The quantitative estimate of drug-likeness (QED) is 0.228. The molecule has 1 heterocycles. The van der Waals surface area contributed by atoms with Crippen molar-refractivity contribution >= 4 is 22.7 Å². The van der Waals surface area contributed by atoms with Crippen molar-refractivity contribution in [1.29, 1.82) is 0 Å². The van der Waals surface area contributed by atoms with Crippen LogP contribution in [0.3, 0.4) is 0 Å². The van der Waals surface area contributed by atoms with E-state index in [0.717, 1.165) is 54.6 Å². The SMILES string of the molecule is COc1cc(OC)cc(-c2c(Sc3ccccc3)c3cc(-c4ccc(OC)c(F)c4)ccc3n2C)c1. The maximum atomic E-state index is 14.5. The van der Waals surface area contributed by atoms with Crippen LogP contribution < -0.4 is 14.2 Å². The Morgan fingerprint density at radius 1 is 0.694 bits per heavy atom. The molecule has 0 N–H and O–H groups in total. The minimum atomic E-state index is -0.383. The average Bonchev–Trinajstić information content (AvgIpc) is 3.19. The predicted octanol–water partition coefficient (Wildman–Crippen LogP) is 7.83. The molecule has 0 atom stereocenters. The van der Waals surface area contributed by atoms with Crippen LogP contribution in [0.15, 0.2) is 94.7 Å². The van der Waals surface area contributed by atoms with Crippen LogP contribution in [-0.2, 0) is 7.05 Å². The zero-order valence-electron chi connectivity index (χ0n) is 20.5. The first-order valence-electron chi connectivity index (χ1n) is 11.4. The largest absolute Gasteiger partial charge is 0.497 e. The Hall–Kier alpha value is -3.90. The van der Waals surface area contributed by atoms with Gasteiger partial charge in [0.15, 0.2) is 11.6 Å². The molecule has 6 heteroatoms. The number of aromatic nitrogens is 1. The lowest BCUT2D eigenvalue weighted by Crippen LogP contribution is -1.94. The maximum Gasteiger partial charge on any atom is 0.165 e. The zero-order valence-corrected chi connectivity index (χ0v) is 21.4. The second-order valence-electron chi connectivity index (χ2n) is 8.33. The smallest absolute Gasteiger partial charge is 0.165 e. The lowest BCUT2D eigenvalue weighted by atomic mass is 10.0. The van der Waals surface area contributed by atoms with Crippen molar-refractivity contribution in [3.63, 3.8) is 0 Å². The maximum absolute atomic E-state index is 14.5. The molecular formula is C30H26FNO3S. The molecule has 0 saturated heterocycles. The van der Waals surface area contributed by atoms with Gasteiger partial charge in [-0.1, -0.05) is 42.1 Å². The predicted molar refractivity (Wildman–Crippen MR) is 144 cm³/mol. The van der Waals surface area contributed by atoms with Gasteiger partial charge in [0.05, 0.1) is 27.0 Å². The summed E-state index contributed by atoms with van der Waals surface area (Å²) in [6, 6.07) is 27.5. The monoisotopic (exact) mass is 499 g/mol. The molecule has 5 rings (SSSR count). The molecule has 1 aromatic heterocycles. The van der Waals surface area contributed by atoms with Gasteiger partial charge < -0.3 is 18.8 Å². The van der Waals surface area contributed by atoms with E-state index < -0.39 is 0 Å². The van der Waals surface area contributed by atoms with Gasteiger partial charge in [0, 0.05) is 39.4 Å². The molecule has 0 amide bonds. The number of methoxy groups -OCH3 is 3. The highest BCUT2D eigenvalue weighted by molar-refractivity contribution is 7.99. The van der Waals surface area contributed by atoms with Crippen LogP contribution in [0.5, 0.6) is 17.2 Å². The van der Waals surface area contributed by atoms with Crippen molar-refractivity contribution in [2.45, 2.75) is 9.79 Å². The van der Waals surface area contributed by atoms with E-state index in [1.165, 1.54) is 13.2 Å². The zero-order chi connectivity index (χ0) is 25.2. The molecule has 36 heavy (non-hydrogen) atoms. The molecule has 0 spiro atoms. The molecule has 4 nitrogen and oxygen atoms in total. The van der Waals surface area contributed by atoms with Gasteiger partial charge >= 0.3 is 0 Å². The van der Waals surface area contributed by atoms with Crippen LogP contribution in [0.25, 0.3) is 33.3 Å². The summed E-state index contributed by atoms with van der Waals surface area (Å²) in [6.07, 6.45) is 0. The van der Waals surface area contributed by atoms with Gasteiger partial charge in [-0.05, 0) is 59.7 Å². The van der Waals surface area contributed by atoms with Gasteiger partial charge in [-0.25, -0.2) is 4.39 Å². The van der Waals surface area contributed by atoms with Crippen molar-refractivity contribution in [2.75, 3.05) is 21.3 Å². The van der Waals surface area contributed by atoms with Gasteiger partial charge in [0.25, 0.3) is 0 Å². The van der Waals surface area contributed by atoms with Crippen molar-refractivity contribution in [3.8, 4) is 39.6 Å². The first-order valence-corrected chi connectivity index (χ1v) is 12.3. The molecule has 0 aliphatic rings. The normalized spacial score (nSPS) is 11.0. The lowest BCUT2D eigenvalue weighted by Gasteiger charge is -2.12. The van der Waals surface area contributed by atoms with Crippen molar-refractivity contribution in [1.82, 2.24) is 4.57 Å². The number of halogens is 1. The van der Waals surface area contributed by atoms with E-state index >= 15 is 0 Å². The summed E-state index contributed by atoms with van der Waals surface area (Å²) < 4.78 is 32.9. The molecule has 5 aromatic rings. The number of fused-ring (bicyclic) bond motifs is 1. The Labute approximate surface area is 214 Å². The van der Waals surface area contributed by atoms with Crippen LogP contribution in [-0.4, -0.2) is 25.9 Å². The highest BCUT2D eigenvalue weighted by Gasteiger charge is 2.20. The molecule has 0 fully saturated rings. The molecule has 182 valence electrons. The number of aryl methyl sites for hydroxylation is 1. The Morgan fingerprint density at radius 3 is 2.00 bits per heavy atom.